The molecule has 3 unspecified atom stereocenters. The average Bonchev–Trinajstić information content (AvgIpc) is 3.54. The molecule has 0 amide bonds. The number of allylic oxidation sites excluding steroid dienone is 1. The SMILES string of the molecule is Cc1ccc(C#Cc2ccc3oc(CC(C)(C)C(=O)OCC4C/C(=C\CC5(C)CC6CC(C)CC(C6)C5)C(=O)O4)cc3c2)cc1. The van der Waals surface area contributed by atoms with Gasteiger partial charge < -0.3 is 13.9 Å². The van der Waals surface area contributed by atoms with Crippen LogP contribution in [0.4, 0.5) is 0 Å². The Hall–Kier alpha value is -3.78. The lowest BCUT2D eigenvalue weighted by Gasteiger charge is -2.47. The fourth-order valence-electron chi connectivity index (χ4n) is 8.02. The van der Waals surface area contributed by atoms with Crippen LogP contribution in [0.5, 0.6) is 0 Å². The lowest BCUT2D eigenvalue weighted by atomic mass is 9.58. The summed E-state index contributed by atoms with van der Waals surface area (Å²) in [5.74, 6) is 9.03. The highest BCUT2D eigenvalue weighted by Gasteiger charge is 2.41. The summed E-state index contributed by atoms with van der Waals surface area (Å²) in [6, 6.07) is 16.0. The first-order valence-corrected chi connectivity index (χ1v) is 16.6. The molecule has 236 valence electrons. The van der Waals surface area contributed by atoms with Crippen molar-refractivity contribution in [3.8, 4) is 11.8 Å². The molecule has 2 saturated carbocycles. The maximum Gasteiger partial charge on any atom is 0.334 e. The summed E-state index contributed by atoms with van der Waals surface area (Å²) < 4.78 is 17.4. The van der Waals surface area contributed by atoms with Crippen molar-refractivity contribution in [2.24, 2.45) is 28.6 Å². The van der Waals surface area contributed by atoms with E-state index < -0.39 is 11.5 Å². The predicted octanol–water partition coefficient (Wildman–Crippen LogP) is 8.74. The van der Waals surface area contributed by atoms with Crippen molar-refractivity contribution in [3.05, 3.63) is 82.6 Å². The molecule has 2 aliphatic carbocycles. The number of cyclic esters (lactones) is 1. The first-order chi connectivity index (χ1) is 21.4. The second-order valence-electron chi connectivity index (χ2n) is 15.2. The highest BCUT2D eigenvalue weighted by Crippen LogP contribution is 2.52. The second kappa shape index (κ2) is 12.5. The number of ether oxygens (including phenoxy) is 2. The molecule has 3 fully saturated rings. The van der Waals surface area contributed by atoms with Crippen LogP contribution >= 0.6 is 0 Å². The summed E-state index contributed by atoms with van der Waals surface area (Å²) in [4.78, 5) is 25.8. The molecule has 2 bridgehead atoms. The van der Waals surface area contributed by atoms with Crippen LogP contribution < -0.4 is 0 Å². The Morgan fingerprint density at radius 3 is 2.44 bits per heavy atom. The maximum atomic E-state index is 13.2. The highest BCUT2D eigenvalue weighted by atomic mass is 16.6. The van der Waals surface area contributed by atoms with Crippen LogP contribution in [0.1, 0.15) is 95.1 Å². The minimum Gasteiger partial charge on any atom is -0.461 e. The number of carbonyl (C=O) groups excluding carboxylic acids is 2. The molecule has 6 rings (SSSR count). The quantitative estimate of drug-likeness (QED) is 0.153. The number of hydrogen-bond acceptors (Lipinski definition) is 5. The maximum absolute atomic E-state index is 13.2. The number of benzene rings is 2. The second-order valence-corrected chi connectivity index (χ2v) is 15.2. The Balaban J connectivity index is 1.01. The molecule has 1 aromatic heterocycles. The van der Waals surface area contributed by atoms with Crippen LogP contribution in [0, 0.1) is 47.3 Å². The van der Waals surface area contributed by atoms with E-state index in [1.807, 2.05) is 50.2 Å². The zero-order chi connectivity index (χ0) is 31.8. The van der Waals surface area contributed by atoms with Crippen molar-refractivity contribution in [1.82, 2.24) is 0 Å². The summed E-state index contributed by atoms with van der Waals surface area (Å²) in [7, 11) is 0. The summed E-state index contributed by atoms with van der Waals surface area (Å²) >= 11 is 0. The largest absolute Gasteiger partial charge is 0.461 e. The van der Waals surface area contributed by atoms with Gasteiger partial charge in [0.25, 0.3) is 0 Å². The van der Waals surface area contributed by atoms with Crippen molar-refractivity contribution >= 4 is 22.9 Å². The Labute approximate surface area is 267 Å². The van der Waals surface area contributed by atoms with Crippen LogP contribution in [0.15, 0.2) is 64.6 Å². The standard InChI is InChI=1S/C40H46O5/c1-26-6-8-28(9-7-26)10-11-29-12-13-36-33(19-29)21-34(44-36)24-39(3,4)38(42)43-25-35-20-32(37(41)45-35)14-15-40(5)22-30-16-27(2)17-31(18-30)23-40/h6-9,12-14,19,21,27,30-31,35H,15-18,20,22-25H2,1-5H3/b32-14+. The van der Waals surface area contributed by atoms with Gasteiger partial charge in [0.05, 0.1) is 5.41 Å². The minimum atomic E-state index is -0.811. The molecule has 3 atom stereocenters. The Kier molecular flexibility index (Phi) is 8.70. The van der Waals surface area contributed by atoms with E-state index in [9.17, 15) is 9.59 Å². The third-order valence-corrected chi connectivity index (χ3v) is 10.1. The molecule has 45 heavy (non-hydrogen) atoms. The number of carbonyl (C=O) groups is 2. The fourth-order valence-corrected chi connectivity index (χ4v) is 8.02. The van der Waals surface area contributed by atoms with Gasteiger partial charge in [-0.25, -0.2) is 4.79 Å². The number of hydrogen-bond donors (Lipinski definition) is 0. The lowest BCUT2D eigenvalue weighted by molar-refractivity contribution is -0.160. The molecule has 3 aliphatic rings. The van der Waals surface area contributed by atoms with E-state index in [0.29, 0.717) is 18.6 Å². The lowest BCUT2D eigenvalue weighted by Crippen LogP contribution is -2.35. The molecule has 5 heteroatoms. The van der Waals surface area contributed by atoms with E-state index >= 15 is 0 Å². The van der Waals surface area contributed by atoms with Crippen molar-refractivity contribution in [3.63, 3.8) is 0 Å². The van der Waals surface area contributed by atoms with Gasteiger partial charge in [-0.3, -0.25) is 4.79 Å². The summed E-state index contributed by atoms with van der Waals surface area (Å²) in [5, 5.41) is 0.946. The molecule has 5 nitrogen and oxygen atoms in total. The van der Waals surface area contributed by atoms with Gasteiger partial charge in [0, 0.05) is 34.9 Å². The molecular weight excluding hydrogens is 560 g/mol. The third kappa shape index (κ3) is 7.55. The number of rotatable bonds is 7. The first-order valence-electron chi connectivity index (χ1n) is 16.6. The zero-order valence-electron chi connectivity index (χ0n) is 27.4. The van der Waals surface area contributed by atoms with Crippen molar-refractivity contribution < 1.29 is 23.5 Å². The van der Waals surface area contributed by atoms with E-state index in [2.05, 4.69) is 50.8 Å². The van der Waals surface area contributed by atoms with Gasteiger partial charge in [0.2, 0.25) is 0 Å². The van der Waals surface area contributed by atoms with Crippen LogP contribution in [-0.2, 0) is 25.5 Å². The van der Waals surface area contributed by atoms with Gasteiger partial charge in [0.15, 0.2) is 0 Å². The van der Waals surface area contributed by atoms with E-state index in [1.165, 1.54) is 37.7 Å². The molecule has 2 heterocycles. The van der Waals surface area contributed by atoms with Crippen LogP contribution in [0.3, 0.4) is 0 Å². The average molecular weight is 607 g/mol. The molecule has 1 aliphatic heterocycles. The van der Waals surface area contributed by atoms with Gasteiger partial charge >= 0.3 is 11.9 Å². The van der Waals surface area contributed by atoms with E-state index in [-0.39, 0.29) is 24.0 Å². The number of fused-ring (bicyclic) bond motifs is 3. The van der Waals surface area contributed by atoms with Gasteiger partial charge in [-0.05, 0) is 119 Å². The molecule has 3 aromatic rings. The molecule has 0 radical (unpaired) electrons. The number of furan rings is 1. The van der Waals surface area contributed by atoms with E-state index in [1.54, 1.807) is 0 Å². The predicted molar refractivity (Wildman–Crippen MR) is 176 cm³/mol. The van der Waals surface area contributed by atoms with Crippen LogP contribution in [-0.4, -0.2) is 24.6 Å². The normalized spacial score (nSPS) is 27.2. The molecule has 0 N–H and O–H groups in total. The third-order valence-electron chi connectivity index (χ3n) is 10.1. The summed E-state index contributed by atoms with van der Waals surface area (Å²) in [6.07, 6.45) is 10.0. The van der Waals surface area contributed by atoms with Crippen LogP contribution in [0.2, 0.25) is 0 Å². The number of esters is 2. The van der Waals surface area contributed by atoms with Crippen LogP contribution in [0.25, 0.3) is 11.0 Å². The van der Waals surface area contributed by atoms with Gasteiger partial charge in [-0.1, -0.05) is 49.5 Å². The summed E-state index contributed by atoms with van der Waals surface area (Å²) in [6.45, 7) is 10.6. The topological polar surface area (TPSA) is 65.7 Å². The Morgan fingerprint density at radius 1 is 1.02 bits per heavy atom. The number of aryl methyl sites for hydroxylation is 1. The van der Waals surface area contributed by atoms with Crippen molar-refractivity contribution in [1.29, 1.82) is 0 Å². The molecule has 0 spiro atoms. The van der Waals surface area contributed by atoms with E-state index in [4.69, 9.17) is 13.9 Å². The summed E-state index contributed by atoms with van der Waals surface area (Å²) in [5.41, 5.74) is 4.01. The molecule has 2 aromatic carbocycles. The van der Waals surface area contributed by atoms with Crippen molar-refractivity contribution in [2.75, 3.05) is 6.61 Å². The molecular formula is C40H46O5. The van der Waals surface area contributed by atoms with Gasteiger partial charge in [-0.2, -0.15) is 0 Å². The molecule has 1 saturated heterocycles. The monoisotopic (exact) mass is 606 g/mol. The first kappa shape index (κ1) is 31.2. The minimum absolute atomic E-state index is 0.0633. The van der Waals surface area contributed by atoms with Gasteiger partial charge in [0.1, 0.15) is 24.1 Å². The van der Waals surface area contributed by atoms with Crippen molar-refractivity contribution in [2.45, 2.75) is 92.1 Å². The highest BCUT2D eigenvalue weighted by molar-refractivity contribution is 5.90. The Morgan fingerprint density at radius 2 is 1.71 bits per heavy atom. The van der Waals surface area contributed by atoms with Gasteiger partial charge in [-0.15, -0.1) is 0 Å². The fraction of sp³-hybridized carbons (Fsp3) is 0.500. The van der Waals surface area contributed by atoms with E-state index in [0.717, 1.165) is 51.8 Å². The zero-order valence-corrected chi connectivity index (χ0v) is 27.4. The Bertz CT molecular complexity index is 1640. The smallest absolute Gasteiger partial charge is 0.334 e.